The lowest BCUT2D eigenvalue weighted by Crippen LogP contribution is -2.21. The van der Waals surface area contributed by atoms with E-state index in [1.807, 2.05) is 12.1 Å². The van der Waals surface area contributed by atoms with E-state index in [0.717, 1.165) is 12.0 Å². The quantitative estimate of drug-likeness (QED) is 0.693. The van der Waals surface area contributed by atoms with Crippen molar-refractivity contribution in [2.24, 2.45) is 7.05 Å². The zero-order valence-corrected chi connectivity index (χ0v) is 10.5. The Hall–Kier alpha value is -2.50. The molecule has 3 heterocycles. The molecule has 0 bridgehead atoms. The largest absolute Gasteiger partial charge is 0.298 e. The molecule has 0 spiro atoms. The third-order valence-electron chi connectivity index (χ3n) is 3.11. The van der Waals surface area contributed by atoms with Crippen LogP contribution >= 0.6 is 0 Å². The molecular formula is C13H13N5O. The standard InChI is InChI=1S/C13H13N5O/c1-17-12-11(8-16-17)13(19)18(9-15-12)7-4-10-2-5-14-6-3-10/h2-3,5-6,8-9H,4,7H2,1H3. The zero-order chi connectivity index (χ0) is 13.2. The molecule has 19 heavy (non-hydrogen) atoms. The lowest BCUT2D eigenvalue weighted by atomic mass is 10.2. The average Bonchev–Trinajstić information content (AvgIpc) is 2.82. The molecule has 0 N–H and O–H groups in total. The first kappa shape index (κ1) is 11.6. The van der Waals surface area contributed by atoms with Gasteiger partial charge in [0.25, 0.3) is 5.56 Å². The number of hydrogen-bond acceptors (Lipinski definition) is 4. The highest BCUT2D eigenvalue weighted by molar-refractivity contribution is 5.72. The first-order valence-electron chi connectivity index (χ1n) is 6.02. The minimum atomic E-state index is -0.0489. The molecule has 0 atom stereocenters. The van der Waals surface area contributed by atoms with Crippen LogP contribution < -0.4 is 5.56 Å². The summed E-state index contributed by atoms with van der Waals surface area (Å²) in [7, 11) is 1.77. The van der Waals surface area contributed by atoms with Gasteiger partial charge in [-0.05, 0) is 24.1 Å². The highest BCUT2D eigenvalue weighted by Gasteiger charge is 2.07. The van der Waals surface area contributed by atoms with Crippen molar-refractivity contribution in [1.82, 2.24) is 24.3 Å². The summed E-state index contributed by atoms with van der Waals surface area (Å²) in [5.41, 5.74) is 1.71. The third kappa shape index (κ3) is 2.12. The monoisotopic (exact) mass is 255 g/mol. The number of rotatable bonds is 3. The van der Waals surface area contributed by atoms with E-state index in [1.165, 1.54) is 0 Å². The van der Waals surface area contributed by atoms with E-state index in [4.69, 9.17) is 0 Å². The molecule has 0 amide bonds. The molecule has 3 aromatic rings. The summed E-state index contributed by atoms with van der Waals surface area (Å²) >= 11 is 0. The Morgan fingerprint density at radius 3 is 2.84 bits per heavy atom. The van der Waals surface area contributed by atoms with Crippen molar-refractivity contribution in [3.8, 4) is 0 Å². The number of pyridine rings is 1. The van der Waals surface area contributed by atoms with E-state index in [2.05, 4.69) is 15.1 Å². The van der Waals surface area contributed by atoms with Crippen LogP contribution in [0.25, 0.3) is 11.0 Å². The summed E-state index contributed by atoms with van der Waals surface area (Å²) < 4.78 is 3.22. The lowest BCUT2D eigenvalue weighted by Gasteiger charge is -2.05. The molecule has 0 aliphatic heterocycles. The van der Waals surface area contributed by atoms with Crippen LogP contribution in [0.3, 0.4) is 0 Å². The minimum absolute atomic E-state index is 0.0489. The number of hydrogen-bond donors (Lipinski definition) is 0. The fourth-order valence-electron chi connectivity index (χ4n) is 2.02. The first-order valence-corrected chi connectivity index (χ1v) is 6.02. The molecule has 3 aromatic heterocycles. The van der Waals surface area contributed by atoms with Gasteiger partial charge in [0.2, 0.25) is 0 Å². The Labute approximate surface area is 109 Å². The van der Waals surface area contributed by atoms with Crippen molar-refractivity contribution in [2.75, 3.05) is 0 Å². The molecular weight excluding hydrogens is 242 g/mol. The average molecular weight is 255 g/mol. The number of aryl methyl sites for hydroxylation is 3. The summed E-state index contributed by atoms with van der Waals surface area (Å²) in [6.07, 6.45) is 7.42. The maximum atomic E-state index is 12.2. The Kier molecular flexibility index (Phi) is 2.83. The summed E-state index contributed by atoms with van der Waals surface area (Å²) in [5.74, 6) is 0. The Morgan fingerprint density at radius 1 is 1.26 bits per heavy atom. The van der Waals surface area contributed by atoms with Gasteiger partial charge in [-0.1, -0.05) is 0 Å². The summed E-state index contributed by atoms with van der Waals surface area (Å²) in [5, 5.41) is 4.60. The van der Waals surface area contributed by atoms with E-state index >= 15 is 0 Å². The van der Waals surface area contributed by atoms with Crippen molar-refractivity contribution in [1.29, 1.82) is 0 Å². The molecule has 0 unspecified atom stereocenters. The molecule has 0 saturated carbocycles. The van der Waals surface area contributed by atoms with Crippen LogP contribution in [-0.2, 0) is 20.0 Å². The van der Waals surface area contributed by atoms with Crippen LogP contribution in [0.15, 0.2) is 41.8 Å². The van der Waals surface area contributed by atoms with E-state index in [0.29, 0.717) is 17.6 Å². The number of fused-ring (bicyclic) bond motifs is 1. The molecule has 0 saturated heterocycles. The van der Waals surface area contributed by atoms with Crippen molar-refractivity contribution in [3.05, 3.63) is 53.0 Å². The predicted octanol–water partition coefficient (Wildman–Crippen LogP) is 0.768. The van der Waals surface area contributed by atoms with Gasteiger partial charge >= 0.3 is 0 Å². The second-order valence-corrected chi connectivity index (χ2v) is 4.35. The van der Waals surface area contributed by atoms with Gasteiger partial charge in [0, 0.05) is 26.0 Å². The molecule has 0 aliphatic carbocycles. The Balaban J connectivity index is 1.90. The third-order valence-corrected chi connectivity index (χ3v) is 3.11. The smallest absolute Gasteiger partial charge is 0.264 e. The second-order valence-electron chi connectivity index (χ2n) is 4.35. The number of nitrogens with zero attached hydrogens (tertiary/aromatic N) is 5. The number of aromatic nitrogens is 5. The molecule has 3 rings (SSSR count). The highest BCUT2D eigenvalue weighted by atomic mass is 16.1. The van der Waals surface area contributed by atoms with Crippen LogP contribution in [0, 0.1) is 0 Å². The highest BCUT2D eigenvalue weighted by Crippen LogP contribution is 2.04. The van der Waals surface area contributed by atoms with Crippen LogP contribution in [-0.4, -0.2) is 24.3 Å². The van der Waals surface area contributed by atoms with Gasteiger partial charge < -0.3 is 0 Å². The first-order chi connectivity index (χ1) is 9.25. The van der Waals surface area contributed by atoms with Gasteiger partial charge in [-0.25, -0.2) is 4.98 Å². The molecule has 96 valence electrons. The minimum Gasteiger partial charge on any atom is -0.298 e. The fraction of sp³-hybridized carbons (Fsp3) is 0.231. The van der Waals surface area contributed by atoms with Gasteiger partial charge in [-0.3, -0.25) is 19.0 Å². The van der Waals surface area contributed by atoms with Crippen LogP contribution in [0.5, 0.6) is 0 Å². The van der Waals surface area contributed by atoms with E-state index in [-0.39, 0.29) is 5.56 Å². The molecule has 0 fully saturated rings. The fourth-order valence-corrected chi connectivity index (χ4v) is 2.02. The Bertz CT molecular complexity index is 760. The normalized spacial score (nSPS) is 11.0. The lowest BCUT2D eigenvalue weighted by molar-refractivity contribution is 0.659. The molecule has 6 heteroatoms. The molecule has 0 radical (unpaired) electrons. The van der Waals surface area contributed by atoms with Gasteiger partial charge in [0.05, 0.1) is 12.5 Å². The van der Waals surface area contributed by atoms with Crippen molar-refractivity contribution in [3.63, 3.8) is 0 Å². The molecule has 0 aliphatic rings. The SMILES string of the molecule is Cn1ncc2c(=O)n(CCc3ccncc3)cnc21. The molecule has 6 nitrogen and oxygen atoms in total. The van der Waals surface area contributed by atoms with Crippen molar-refractivity contribution < 1.29 is 0 Å². The van der Waals surface area contributed by atoms with Crippen molar-refractivity contribution in [2.45, 2.75) is 13.0 Å². The van der Waals surface area contributed by atoms with E-state index in [9.17, 15) is 4.79 Å². The zero-order valence-electron chi connectivity index (χ0n) is 10.5. The van der Waals surface area contributed by atoms with Crippen LogP contribution in [0.1, 0.15) is 5.56 Å². The van der Waals surface area contributed by atoms with Gasteiger partial charge in [-0.2, -0.15) is 5.10 Å². The van der Waals surface area contributed by atoms with E-state index in [1.54, 1.807) is 41.2 Å². The molecule has 0 aromatic carbocycles. The van der Waals surface area contributed by atoms with Gasteiger partial charge in [0.1, 0.15) is 5.39 Å². The van der Waals surface area contributed by atoms with Crippen LogP contribution in [0.4, 0.5) is 0 Å². The van der Waals surface area contributed by atoms with Crippen molar-refractivity contribution >= 4 is 11.0 Å². The van der Waals surface area contributed by atoms with Gasteiger partial charge in [0.15, 0.2) is 5.65 Å². The summed E-state index contributed by atoms with van der Waals surface area (Å²) in [4.78, 5) is 20.5. The van der Waals surface area contributed by atoms with Gasteiger partial charge in [-0.15, -0.1) is 0 Å². The maximum absolute atomic E-state index is 12.2. The van der Waals surface area contributed by atoms with E-state index < -0.39 is 0 Å². The summed E-state index contributed by atoms with van der Waals surface area (Å²) in [6, 6.07) is 3.89. The second kappa shape index (κ2) is 4.64. The maximum Gasteiger partial charge on any atom is 0.264 e. The predicted molar refractivity (Wildman–Crippen MR) is 70.7 cm³/mol. The Morgan fingerprint density at radius 2 is 2.05 bits per heavy atom. The topological polar surface area (TPSA) is 65.6 Å². The summed E-state index contributed by atoms with van der Waals surface area (Å²) in [6.45, 7) is 0.598. The van der Waals surface area contributed by atoms with Crippen LogP contribution in [0.2, 0.25) is 0 Å².